The molecule has 0 saturated carbocycles. The van der Waals surface area contributed by atoms with Crippen LogP contribution in [0.5, 0.6) is 0 Å². The van der Waals surface area contributed by atoms with Crippen molar-refractivity contribution >= 4 is 12.6 Å². The second-order valence-electron chi connectivity index (χ2n) is 4.68. The van der Waals surface area contributed by atoms with Crippen molar-refractivity contribution in [2.75, 3.05) is 0 Å². The summed E-state index contributed by atoms with van der Waals surface area (Å²) in [5.41, 5.74) is 8.96. The maximum atomic E-state index is 10.1. The highest BCUT2D eigenvalue weighted by molar-refractivity contribution is 7.80. The highest BCUT2D eigenvalue weighted by Gasteiger charge is 2.42. The Bertz CT molecular complexity index is 481. The summed E-state index contributed by atoms with van der Waals surface area (Å²) in [4.78, 5) is 2.80. The first-order chi connectivity index (χ1) is 9.63. The molecule has 0 amide bonds. The van der Waals surface area contributed by atoms with Crippen LogP contribution in [0.4, 0.5) is 0 Å². The first-order valence-electron chi connectivity index (χ1n) is 6.35. The predicted octanol–water partition coefficient (Wildman–Crippen LogP) is 2.29. The molecule has 1 N–H and O–H groups in total. The summed E-state index contributed by atoms with van der Waals surface area (Å²) in [7, 11) is 0. The lowest BCUT2D eigenvalue weighted by atomic mass is 9.98. The molecule has 1 fully saturated rings. The second kappa shape index (κ2) is 6.97. The average Bonchev–Trinajstić information content (AvgIpc) is 2.45. The standard InChI is InChI=1S/C13H17N3O3S/c1-8-10(15-16-14)12(11(17)13(20)19-8)18-7-9-5-3-2-4-6-9/h2-6,8,10-13,17,20H,7H2,1H3/t8-,10-,11+,12+,13+/m1/s1. The second-order valence-corrected chi connectivity index (χ2v) is 5.19. The van der Waals surface area contributed by atoms with Gasteiger partial charge in [-0.15, -0.1) is 12.6 Å². The molecule has 0 aromatic heterocycles. The van der Waals surface area contributed by atoms with E-state index in [2.05, 4.69) is 22.7 Å². The number of ether oxygens (including phenoxy) is 2. The summed E-state index contributed by atoms with van der Waals surface area (Å²) < 4.78 is 11.2. The van der Waals surface area contributed by atoms with Crippen molar-refractivity contribution in [3.8, 4) is 0 Å². The van der Waals surface area contributed by atoms with Crippen molar-refractivity contribution in [3.63, 3.8) is 0 Å². The van der Waals surface area contributed by atoms with Crippen LogP contribution in [0.15, 0.2) is 35.4 Å². The normalized spacial score (nSPS) is 33.5. The molecule has 0 spiro atoms. The molecule has 108 valence electrons. The highest BCUT2D eigenvalue weighted by atomic mass is 32.1. The predicted molar refractivity (Wildman–Crippen MR) is 77.3 cm³/mol. The van der Waals surface area contributed by atoms with Gasteiger partial charge in [0.15, 0.2) is 0 Å². The number of hydrogen-bond acceptors (Lipinski definition) is 5. The third-order valence-electron chi connectivity index (χ3n) is 3.27. The van der Waals surface area contributed by atoms with Gasteiger partial charge >= 0.3 is 0 Å². The Kier molecular flexibility index (Phi) is 5.28. The van der Waals surface area contributed by atoms with Gasteiger partial charge in [0.25, 0.3) is 0 Å². The van der Waals surface area contributed by atoms with E-state index in [4.69, 9.17) is 15.0 Å². The molecule has 7 heteroatoms. The molecular formula is C13H17N3O3S. The first kappa shape index (κ1) is 15.2. The van der Waals surface area contributed by atoms with Crippen LogP contribution in [0.2, 0.25) is 0 Å². The lowest BCUT2D eigenvalue weighted by Crippen LogP contribution is -2.55. The van der Waals surface area contributed by atoms with E-state index < -0.39 is 23.7 Å². The van der Waals surface area contributed by atoms with Crippen molar-refractivity contribution in [1.82, 2.24) is 0 Å². The Morgan fingerprint density at radius 2 is 2.15 bits per heavy atom. The minimum Gasteiger partial charge on any atom is -0.387 e. The van der Waals surface area contributed by atoms with Crippen LogP contribution in [0, 0.1) is 0 Å². The lowest BCUT2D eigenvalue weighted by Gasteiger charge is -2.40. The maximum absolute atomic E-state index is 10.1. The molecule has 0 unspecified atom stereocenters. The number of benzene rings is 1. The monoisotopic (exact) mass is 295 g/mol. The number of aliphatic hydroxyl groups excluding tert-OH is 1. The fourth-order valence-corrected chi connectivity index (χ4v) is 2.56. The zero-order chi connectivity index (χ0) is 14.5. The van der Waals surface area contributed by atoms with Crippen molar-refractivity contribution in [2.24, 2.45) is 5.11 Å². The zero-order valence-electron chi connectivity index (χ0n) is 11.0. The smallest absolute Gasteiger partial charge is 0.129 e. The van der Waals surface area contributed by atoms with Crippen LogP contribution < -0.4 is 0 Å². The summed E-state index contributed by atoms with van der Waals surface area (Å²) in [6, 6.07) is 9.01. The van der Waals surface area contributed by atoms with E-state index in [0.717, 1.165) is 5.56 Å². The molecule has 0 radical (unpaired) electrons. The van der Waals surface area contributed by atoms with Gasteiger partial charge < -0.3 is 14.6 Å². The molecule has 20 heavy (non-hydrogen) atoms. The average molecular weight is 295 g/mol. The van der Waals surface area contributed by atoms with Gasteiger partial charge in [-0.05, 0) is 18.0 Å². The molecular weight excluding hydrogens is 278 g/mol. The molecule has 1 aliphatic heterocycles. The third-order valence-corrected chi connectivity index (χ3v) is 3.70. The summed E-state index contributed by atoms with van der Waals surface area (Å²) in [6.45, 7) is 2.10. The first-order valence-corrected chi connectivity index (χ1v) is 6.86. The number of nitrogens with zero attached hydrogens (tertiary/aromatic N) is 3. The summed E-state index contributed by atoms with van der Waals surface area (Å²) in [5.74, 6) is 0. The van der Waals surface area contributed by atoms with E-state index in [9.17, 15) is 5.11 Å². The van der Waals surface area contributed by atoms with Crippen LogP contribution in [-0.4, -0.2) is 34.9 Å². The molecule has 1 saturated heterocycles. The van der Waals surface area contributed by atoms with Gasteiger partial charge in [-0.3, -0.25) is 0 Å². The van der Waals surface area contributed by atoms with E-state index in [0.29, 0.717) is 6.61 Å². The molecule has 1 heterocycles. The summed E-state index contributed by atoms with van der Waals surface area (Å²) >= 11 is 4.18. The Balaban J connectivity index is 2.09. The van der Waals surface area contributed by atoms with Crippen LogP contribution in [-0.2, 0) is 16.1 Å². The van der Waals surface area contributed by atoms with Crippen molar-refractivity contribution < 1.29 is 14.6 Å². The molecule has 2 rings (SSSR count). The molecule has 1 aromatic carbocycles. The van der Waals surface area contributed by atoms with Gasteiger partial charge in [0, 0.05) is 4.91 Å². The fraction of sp³-hybridized carbons (Fsp3) is 0.538. The highest BCUT2D eigenvalue weighted by Crippen LogP contribution is 2.28. The number of azide groups is 1. The third kappa shape index (κ3) is 3.45. The molecule has 0 bridgehead atoms. The number of hydrogen-bond donors (Lipinski definition) is 2. The summed E-state index contributed by atoms with van der Waals surface area (Å²) in [5, 5.41) is 13.8. The quantitative estimate of drug-likeness (QED) is 0.386. The Morgan fingerprint density at radius 3 is 2.80 bits per heavy atom. The maximum Gasteiger partial charge on any atom is 0.129 e. The topological polar surface area (TPSA) is 87.5 Å². The number of thiol groups is 1. The Hall–Kier alpha value is -1.24. The van der Waals surface area contributed by atoms with E-state index in [1.54, 1.807) is 6.92 Å². The summed E-state index contributed by atoms with van der Waals surface area (Å²) in [6.07, 6.45) is -1.95. The van der Waals surface area contributed by atoms with E-state index in [-0.39, 0.29) is 6.10 Å². The minimum absolute atomic E-state index is 0.327. The largest absolute Gasteiger partial charge is 0.387 e. The van der Waals surface area contributed by atoms with Gasteiger partial charge in [0.1, 0.15) is 11.5 Å². The zero-order valence-corrected chi connectivity index (χ0v) is 11.9. The van der Waals surface area contributed by atoms with Gasteiger partial charge in [-0.2, -0.15) is 0 Å². The van der Waals surface area contributed by atoms with Gasteiger partial charge in [0.05, 0.1) is 24.9 Å². The van der Waals surface area contributed by atoms with E-state index in [1.165, 1.54) is 0 Å². The fourth-order valence-electron chi connectivity index (χ4n) is 2.20. The number of aliphatic hydroxyl groups is 1. The van der Waals surface area contributed by atoms with Gasteiger partial charge in [0.2, 0.25) is 0 Å². The van der Waals surface area contributed by atoms with E-state index in [1.807, 2.05) is 30.3 Å². The van der Waals surface area contributed by atoms with Gasteiger partial charge in [-0.25, -0.2) is 0 Å². The van der Waals surface area contributed by atoms with Crippen LogP contribution in [0.25, 0.3) is 10.4 Å². The molecule has 1 aliphatic rings. The Labute approximate surface area is 122 Å². The minimum atomic E-state index is -0.950. The molecule has 6 nitrogen and oxygen atoms in total. The molecule has 0 aliphatic carbocycles. The van der Waals surface area contributed by atoms with Crippen LogP contribution in [0.3, 0.4) is 0 Å². The van der Waals surface area contributed by atoms with E-state index >= 15 is 0 Å². The SMILES string of the molecule is C[C@H]1O[C@@H](S)[C@@H](O)[C@@H](OCc2ccccc2)[C@@H]1N=[N+]=[N-]. The van der Waals surface area contributed by atoms with Crippen LogP contribution >= 0.6 is 12.6 Å². The number of rotatable bonds is 4. The lowest BCUT2D eigenvalue weighted by molar-refractivity contribution is -0.164. The molecule has 1 aromatic rings. The van der Waals surface area contributed by atoms with Crippen molar-refractivity contribution in [2.45, 2.75) is 43.3 Å². The molecule has 5 atom stereocenters. The van der Waals surface area contributed by atoms with Crippen LogP contribution in [0.1, 0.15) is 12.5 Å². The van der Waals surface area contributed by atoms with Crippen molar-refractivity contribution in [3.05, 3.63) is 46.3 Å². The van der Waals surface area contributed by atoms with Crippen molar-refractivity contribution in [1.29, 1.82) is 0 Å². The van der Waals surface area contributed by atoms with Gasteiger partial charge in [-0.1, -0.05) is 35.4 Å². The Morgan fingerprint density at radius 1 is 1.45 bits per heavy atom.